The third-order valence-electron chi connectivity index (χ3n) is 3.55. The van der Waals surface area contributed by atoms with Gasteiger partial charge in [-0.3, -0.25) is 4.79 Å². The molecule has 0 bridgehead atoms. The minimum atomic E-state index is -0.570. The first-order chi connectivity index (χ1) is 8.56. The van der Waals surface area contributed by atoms with Crippen LogP contribution in [-0.2, 0) is 17.6 Å². The second kappa shape index (κ2) is 5.53. The zero-order valence-corrected chi connectivity index (χ0v) is 11.1. The molecule has 1 aliphatic rings. The molecule has 18 heavy (non-hydrogen) atoms. The van der Waals surface area contributed by atoms with Crippen LogP contribution in [0.3, 0.4) is 0 Å². The fraction of sp³-hybridized carbons (Fsp3) is 0.533. The van der Waals surface area contributed by atoms with Gasteiger partial charge in [-0.05, 0) is 48.4 Å². The average Bonchev–Trinajstić information content (AvgIpc) is 2.75. The largest absolute Gasteiger partial charge is 0.392 e. The van der Waals surface area contributed by atoms with Crippen LogP contribution in [-0.4, -0.2) is 17.1 Å². The Hall–Kier alpha value is -1.35. The molecule has 1 atom stereocenters. The molecule has 0 aliphatic heterocycles. The number of carbonyl (C=O) groups is 1. The van der Waals surface area contributed by atoms with Gasteiger partial charge in [-0.2, -0.15) is 0 Å². The van der Waals surface area contributed by atoms with E-state index in [1.165, 1.54) is 17.5 Å². The quantitative estimate of drug-likeness (QED) is 0.859. The molecule has 1 aromatic carbocycles. The summed E-state index contributed by atoms with van der Waals surface area (Å²) < 4.78 is 0. The van der Waals surface area contributed by atoms with Crippen molar-refractivity contribution in [1.82, 2.24) is 0 Å². The van der Waals surface area contributed by atoms with Crippen molar-refractivity contribution in [2.45, 2.75) is 45.6 Å². The summed E-state index contributed by atoms with van der Waals surface area (Å²) in [5.41, 5.74) is 3.59. The number of rotatable bonds is 4. The van der Waals surface area contributed by atoms with Crippen molar-refractivity contribution in [3.8, 4) is 0 Å². The summed E-state index contributed by atoms with van der Waals surface area (Å²) in [6, 6.07) is 6.10. The first kappa shape index (κ1) is 13.1. The summed E-state index contributed by atoms with van der Waals surface area (Å²) in [6.07, 6.45) is 3.05. The molecule has 1 aromatic rings. The molecule has 2 N–H and O–H groups in total. The lowest BCUT2D eigenvalue weighted by Gasteiger charge is -2.14. The van der Waals surface area contributed by atoms with Crippen molar-refractivity contribution in [3.63, 3.8) is 0 Å². The number of aryl methyl sites for hydroxylation is 2. The van der Waals surface area contributed by atoms with E-state index in [1.54, 1.807) is 0 Å². The van der Waals surface area contributed by atoms with E-state index in [0.29, 0.717) is 0 Å². The highest BCUT2D eigenvalue weighted by molar-refractivity contribution is 5.91. The van der Waals surface area contributed by atoms with E-state index in [-0.39, 0.29) is 18.2 Å². The second-order valence-electron chi connectivity index (χ2n) is 5.40. The number of fused-ring (bicyclic) bond motifs is 1. The molecule has 0 aromatic heterocycles. The van der Waals surface area contributed by atoms with E-state index in [2.05, 4.69) is 17.4 Å². The summed E-state index contributed by atoms with van der Waals surface area (Å²) in [7, 11) is 0. The minimum Gasteiger partial charge on any atom is -0.392 e. The third-order valence-corrected chi connectivity index (χ3v) is 3.55. The SMILES string of the molecule is CC(C)C(O)CC(=O)Nc1ccc2c(c1)CCC2. The van der Waals surface area contributed by atoms with Crippen LogP contribution in [0.2, 0.25) is 0 Å². The Kier molecular flexibility index (Phi) is 4.02. The van der Waals surface area contributed by atoms with Gasteiger partial charge in [0.25, 0.3) is 0 Å². The Balaban J connectivity index is 1.95. The van der Waals surface area contributed by atoms with Gasteiger partial charge in [-0.15, -0.1) is 0 Å². The van der Waals surface area contributed by atoms with Gasteiger partial charge in [-0.1, -0.05) is 19.9 Å². The average molecular weight is 247 g/mol. The van der Waals surface area contributed by atoms with Crippen LogP contribution in [0.15, 0.2) is 18.2 Å². The predicted octanol–water partition coefficient (Wildman–Crippen LogP) is 2.52. The van der Waals surface area contributed by atoms with Crippen LogP contribution in [0.5, 0.6) is 0 Å². The molecule has 1 unspecified atom stereocenters. The topological polar surface area (TPSA) is 49.3 Å². The van der Waals surface area contributed by atoms with Crippen LogP contribution >= 0.6 is 0 Å². The molecule has 1 aliphatic carbocycles. The second-order valence-corrected chi connectivity index (χ2v) is 5.40. The number of aliphatic hydroxyl groups is 1. The van der Waals surface area contributed by atoms with Crippen LogP contribution < -0.4 is 5.32 Å². The lowest BCUT2D eigenvalue weighted by molar-refractivity contribution is -0.118. The van der Waals surface area contributed by atoms with Crippen LogP contribution in [0.25, 0.3) is 0 Å². The summed E-state index contributed by atoms with van der Waals surface area (Å²) in [4.78, 5) is 11.8. The standard InChI is InChI=1S/C15H21NO2/c1-10(2)14(17)9-15(18)16-13-7-6-11-4-3-5-12(11)8-13/h6-8,10,14,17H,3-5,9H2,1-2H3,(H,16,18). The summed E-state index contributed by atoms with van der Waals surface area (Å²) in [5.74, 6) is -0.00934. The lowest BCUT2D eigenvalue weighted by atomic mass is 10.0. The Morgan fingerprint density at radius 1 is 1.33 bits per heavy atom. The summed E-state index contributed by atoms with van der Waals surface area (Å²) in [6.45, 7) is 3.82. The van der Waals surface area contributed by atoms with Crippen LogP contribution in [0, 0.1) is 5.92 Å². The normalized spacial score (nSPS) is 15.6. The number of carbonyl (C=O) groups excluding carboxylic acids is 1. The van der Waals surface area contributed by atoms with E-state index < -0.39 is 6.10 Å². The monoisotopic (exact) mass is 247 g/mol. The van der Waals surface area contributed by atoms with Gasteiger partial charge < -0.3 is 10.4 Å². The molecule has 3 heteroatoms. The summed E-state index contributed by atoms with van der Waals surface area (Å²) in [5, 5.41) is 12.5. The highest BCUT2D eigenvalue weighted by Crippen LogP contribution is 2.25. The fourth-order valence-electron chi connectivity index (χ4n) is 2.29. The van der Waals surface area contributed by atoms with Gasteiger partial charge in [-0.25, -0.2) is 0 Å². The van der Waals surface area contributed by atoms with Crippen molar-refractivity contribution in [3.05, 3.63) is 29.3 Å². The first-order valence-corrected chi connectivity index (χ1v) is 6.66. The lowest BCUT2D eigenvalue weighted by Crippen LogP contribution is -2.23. The molecule has 1 amide bonds. The Bertz CT molecular complexity index is 440. The van der Waals surface area contributed by atoms with Crippen LogP contribution in [0.1, 0.15) is 37.8 Å². The van der Waals surface area contributed by atoms with Gasteiger partial charge in [0.15, 0.2) is 0 Å². The zero-order valence-electron chi connectivity index (χ0n) is 11.1. The maximum Gasteiger partial charge on any atom is 0.226 e. The molecule has 0 radical (unpaired) electrons. The highest BCUT2D eigenvalue weighted by atomic mass is 16.3. The zero-order chi connectivity index (χ0) is 13.1. The number of aliphatic hydroxyl groups excluding tert-OH is 1. The highest BCUT2D eigenvalue weighted by Gasteiger charge is 2.15. The van der Waals surface area contributed by atoms with Gasteiger partial charge in [0.05, 0.1) is 12.5 Å². The van der Waals surface area contributed by atoms with Gasteiger partial charge in [0.1, 0.15) is 0 Å². The third kappa shape index (κ3) is 3.10. The first-order valence-electron chi connectivity index (χ1n) is 6.66. The molecule has 2 rings (SSSR count). The fourth-order valence-corrected chi connectivity index (χ4v) is 2.29. The van der Waals surface area contributed by atoms with E-state index in [0.717, 1.165) is 18.5 Å². The molecule has 3 nitrogen and oxygen atoms in total. The number of benzene rings is 1. The number of hydrogen-bond acceptors (Lipinski definition) is 2. The minimum absolute atomic E-state index is 0.107. The molecule has 0 fully saturated rings. The Labute approximate surface area is 108 Å². The molecular weight excluding hydrogens is 226 g/mol. The Morgan fingerprint density at radius 3 is 2.78 bits per heavy atom. The van der Waals surface area contributed by atoms with Crippen molar-refractivity contribution >= 4 is 11.6 Å². The van der Waals surface area contributed by atoms with Crippen molar-refractivity contribution in [2.75, 3.05) is 5.32 Å². The van der Waals surface area contributed by atoms with Crippen molar-refractivity contribution < 1.29 is 9.90 Å². The molecule has 0 saturated heterocycles. The maximum atomic E-state index is 11.8. The van der Waals surface area contributed by atoms with E-state index in [4.69, 9.17) is 0 Å². The smallest absolute Gasteiger partial charge is 0.226 e. The number of hydrogen-bond donors (Lipinski definition) is 2. The van der Waals surface area contributed by atoms with Crippen molar-refractivity contribution in [2.24, 2.45) is 5.92 Å². The molecule has 98 valence electrons. The maximum absolute atomic E-state index is 11.8. The van der Waals surface area contributed by atoms with Gasteiger partial charge >= 0.3 is 0 Å². The Morgan fingerprint density at radius 2 is 2.06 bits per heavy atom. The van der Waals surface area contributed by atoms with E-state index in [1.807, 2.05) is 19.9 Å². The molecule has 0 saturated carbocycles. The number of nitrogens with one attached hydrogen (secondary N) is 1. The van der Waals surface area contributed by atoms with Gasteiger partial charge in [0.2, 0.25) is 5.91 Å². The van der Waals surface area contributed by atoms with Gasteiger partial charge in [0, 0.05) is 5.69 Å². The molecule has 0 heterocycles. The molecule has 0 spiro atoms. The van der Waals surface area contributed by atoms with E-state index >= 15 is 0 Å². The number of amides is 1. The number of anilines is 1. The van der Waals surface area contributed by atoms with Crippen LogP contribution in [0.4, 0.5) is 5.69 Å². The van der Waals surface area contributed by atoms with E-state index in [9.17, 15) is 9.90 Å². The van der Waals surface area contributed by atoms with Crippen molar-refractivity contribution in [1.29, 1.82) is 0 Å². The summed E-state index contributed by atoms with van der Waals surface area (Å²) >= 11 is 0. The predicted molar refractivity (Wildman–Crippen MR) is 72.6 cm³/mol. The molecular formula is C15H21NO2.